The molecule has 0 atom stereocenters. The van der Waals surface area contributed by atoms with Crippen molar-refractivity contribution in [3.05, 3.63) is 69.8 Å². The van der Waals surface area contributed by atoms with E-state index in [0.717, 1.165) is 47.6 Å². The van der Waals surface area contributed by atoms with Crippen LogP contribution in [0.15, 0.2) is 47.4 Å². The topological polar surface area (TPSA) is 89.7 Å². The van der Waals surface area contributed by atoms with Gasteiger partial charge in [0.2, 0.25) is 5.95 Å². The van der Waals surface area contributed by atoms with Crippen molar-refractivity contribution in [2.24, 2.45) is 0 Å². The number of nitrogens with zero attached hydrogens (tertiary/aromatic N) is 5. The average molecular weight is 524 g/mol. The van der Waals surface area contributed by atoms with E-state index in [1.54, 1.807) is 12.1 Å². The Labute approximate surface area is 216 Å². The van der Waals surface area contributed by atoms with Crippen LogP contribution in [0.25, 0.3) is 16.9 Å². The number of fused-ring (bicyclic) bond motifs is 2. The van der Waals surface area contributed by atoms with Crippen LogP contribution in [0.4, 0.5) is 24.8 Å². The van der Waals surface area contributed by atoms with E-state index in [9.17, 15) is 18.0 Å². The minimum Gasteiger partial charge on any atom is -0.324 e. The molecule has 0 bridgehead atoms. The van der Waals surface area contributed by atoms with Crippen LogP contribution in [-0.4, -0.2) is 37.0 Å². The fourth-order valence-electron chi connectivity index (χ4n) is 5.17. The maximum Gasteiger partial charge on any atom is 0.408 e. The first-order chi connectivity index (χ1) is 17.9. The van der Waals surface area contributed by atoms with Gasteiger partial charge >= 0.3 is 6.18 Å². The van der Waals surface area contributed by atoms with E-state index in [1.807, 2.05) is 18.2 Å². The Kier molecular flexibility index (Phi) is 5.43. The molecule has 1 aliphatic heterocycles. The Morgan fingerprint density at radius 2 is 1.89 bits per heavy atom. The summed E-state index contributed by atoms with van der Waals surface area (Å²) in [6, 6.07) is 11.2. The van der Waals surface area contributed by atoms with Gasteiger partial charge in [0, 0.05) is 41.5 Å². The van der Waals surface area contributed by atoms with Crippen LogP contribution < -0.4 is 16.2 Å². The first-order valence-corrected chi connectivity index (χ1v) is 12.6. The highest BCUT2D eigenvalue weighted by Gasteiger charge is 2.41. The van der Waals surface area contributed by atoms with Crippen LogP contribution in [0.1, 0.15) is 50.4 Å². The van der Waals surface area contributed by atoms with Crippen LogP contribution in [-0.2, 0) is 23.9 Å². The molecule has 0 spiro atoms. The number of alkyl halides is 3. The largest absolute Gasteiger partial charge is 0.408 e. The van der Waals surface area contributed by atoms with E-state index in [1.165, 1.54) is 11.8 Å². The summed E-state index contributed by atoms with van der Waals surface area (Å²) >= 11 is 0. The Morgan fingerprint density at radius 1 is 1.11 bits per heavy atom. The van der Waals surface area contributed by atoms with E-state index >= 15 is 0 Å². The summed E-state index contributed by atoms with van der Waals surface area (Å²) in [5.41, 5.74) is 3.05. The molecule has 1 aromatic carbocycles. The standard InChI is InChI=1S/C27H28F3N7O/c1-25(2)14-31-12-16-11-17(7-8-19(16)25)33-24-32-13-18-22(35-24)37(36(23(18)38)15-27(28,29)30)21-6-4-5-20(34-21)26(3)9-10-26/h4-8,11,13,31H,9-10,12,14-15H2,1-3H3,(H,32,33,35). The van der Waals surface area contributed by atoms with E-state index in [4.69, 9.17) is 0 Å². The van der Waals surface area contributed by atoms with Crippen LogP contribution in [0.5, 0.6) is 0 Å². The summed E-state index contributed by atoms with van der Waals surface area (Å²) < 4.78 is 42.4. The Bertz CT molecular complexity index is 1620. The van der Waals surface area contributed by atoms with Gasteiger partial charge in [0.25, 0.3) is 5.56 Å². The quantitative estimate of drug-likeness (QED) is 0.394. The van der Waals surface area contributed by atoms with Crippen LogP contribution in [0, 0.1) is 0 Å². The molecule has 3 aromatic heterocycles. The number of pyridine rings is 1. The van der Waals surface area contributed by atoms with Crippen molar-refractivity contribution in [3.8, 4) is 5.82 Å². The van der Waals surface area contributed by atoms with Crippen LogP contribution in [0.2, 0.25) is 0 Å². The normalized spacial score (nSPS) is 17.8. The molecule has 0 saturated heterocycles. The SMILES string of the molecule is CC1(C)CNCc2cc(Nc3ncc4c(=O)n(CC(F)(F)F)n(-c5cccc(C6(C)CC6)n5)c4n3)ccc21. The number of benzene rings is 1. The second kappa shape index (κ2) is 8.39. The fourth-order valence-corrected chi connectivity index (χ4v) is 5.17. The number of hydrogen-bond donors (Lipinski definition) is 2. The van der Waals surface area contributed by atoms with Gasteiger partial charge in [-0.25, -0.2) is 19.3 Å². The van der Waals surface area contributed by atoms with E-state index in [-0.39, 0.29) is 33.6 Å². The van der Waals surface area contributed by atoms with E-state index in [0.29, 0.717) is 4.68 Å². The third-order valence-corrected chi connectivity index (χ3v) is 7.55. The zero-order chi connectivity index (χ0) is 26.9. The van der Waals surface area contributed by atoms with Crippen molar-refractivity contribution in [1.82, 2.24) is 29.6 Å². The van der Waals surface area contributed by atoms with Crippen molar-refractivity contribution >= 4 is 22.7 Å². The molecule has 1 saturated carbocycles. The van der Waals surface area contributed by atoms with Crippen molar-refractivity contribution in [3.63, 3.8) is 0 Å². The third kappa shape index (κ3) is 4.34. The molecular weight excluding hydrogens is 495 g/mol. The predicted octanol–water partition coefficient (Wildman–Crippen LogP) is 4.72. The molecule has 2 aliphatic rings. The zero-order valence-corrected chi connectivity index (χ0v) is 21.4. The Morgan fingerprint density at radius 3 is 2.63 bits per heavy atom. The Hall–Kier alpha value is -3.73. The minimum absolute atomic E-state index is 0.00192. The second-order valence-corrected chi connectivity index (χ2v) is 11.1. The van der Waals surface area contributed by atoms with Crippen LogP contribution >= 0.6 is 0 Å². The summed E-state index contributed by atoms with van der Waals surface area (Å²) in [6.45, 7) is 6.57. The molecule has 2 N–H and O–H groups in total. The maximum absolute atomic E-state index is 13.5. The number of aromatic nitrogens is 5. The number of nitrogens with one attached hydrogen (secondary N) is 2. The highest BCUT2D eigenvalue weighted by molar-refractivity contribution is 5.77. The summed E-state index contributed by atoms with van der Waals surface area (Å²) in [5, 5.41) is 6.57. The lowest BCUT2D eigenvalue weighted by Crippen LogP contribution is -2.38. The number of anilines is 2. The molecule has 6 rings (SSSR count). The fraction of sp³-hybridized carbons (Fsp3) is 0.407. The van der Waals surface area contributed by atoms with E-state index < -0.39 is 18.3 Å². The highest BCUT2D eigenvalue weighted by Crippen LogP contribution is 2.46. The van der Waals surface area contributed by atoms with E-state index in [2.05, 4.69) is 52.4 Å². The smallest absolute Gasteiger partial charge is 0.324 e. The molecule has 0 radical (unpaired) electrons. The van der Waals surface area contributed by atoms with Gasteiger partial charge in [-0.1, -0.05) is 32.9 Å². The molecule has 11 heteroatoms. The number of rotatable bonds is 5. The molecule has 198 valence electrons. The molecule has 8 nitrogen and oxygen atoms in total. The molecule has 38 heavy (non-hydrogen) atoms. The lowest BCUT2D eigenvalue weighted by atomic mass is 9.79. The van der Waals surface area contributed by atoms with Gasteiger partial charge in [-0.05, 0) is 48.2 Å². The second-order valence-electron chi connectivity index (χ2n) is 11.1. The van der Waals surface area contributed by atoms with Crippen molar-refractivity contribution in [2.45, 2.75) is 63.7 Å². The predicted molar refractivity (Wildman–Crippen MR) is 138 cm³/mol. The van der Waals surface area contributed by atoms with Crippen LogP contribution in [0.3, 0.4) is 0 Å². The van der Waals surface area contributed by atoms with Crippen molar-refractivity contribution in [1.29, 1.82) is 0 Å². The minimum atomic E-state index is -4.62. The van der Waals surface area contributed by atoms with Gasteiger partial charge in [-0.15, -0.1) is 0 Å². The average Bonchev–Trinajstić information content (AvgIpc) is 3.55. The van der Waals surface area contributed by atoms with Gasteiger partial charge < -0.3 is 10.6 Å². The molecular formula is C27H28F3N7O. The molecule has 4 heterocycles. The maximum atomic E-state index is 13.5. The molecule has 0 unspecified atom stereocenters. The molecule has 4 aromatic rings. The van der Waals surface area contributed by atoms with Gasteiger partial charge in [-0.2, -0.15) is 18.2 Å². The monoisotopic (exact) mass is 523 g/mol. The van der Waals surface area contributed by atoms with Gasteiger partial charge in [0.05, 0.1) is 0 Å². The Balaban J connectivity index is 1.45. The van der Waals surface area contributed by atoms with Crippen molar-refractivity contribution < 1.29 is 13.2 Å². The number of hydrogen-bond acceptors (Lipinski definition) is 6. The summed E-state index contributed by atoms with van der Waals surface area (Å²) in [7, 11) is 0. The first-order valence-electron chi connectivity index (χ1n) is 12.6. The zero-order valence-electron chi connectivity index (χ0n) is 21.4. The van der Waals surface area contributed by atoms with Gasteiger partial charge in [0.15, 0.2) is 11.5 Å². The summed E-state index contributed by atoms with van der Waals surface area (Å²) in [4.78, 5) is 26.5. The summed E-state index contributed by atoms with van der Waals surface area (Å²) in [6.07, 6.45) is -1.44. The molecule has 1 aliphatic carbocycles. The van der Waals surface area contributed by atoms with Crippen molar-refractivity contribution in [2.75, 3.05) is 11.9 Å². The lowest BCUT2D eigenvalue weighted by molar-refractivity contribution is -0.144. The summed E-state index contributed by atoms with van der Waals surface area (Å²) in [5.74, 6) is 0.377. The third-order valence-electron chi connectivity index (χ3n) is 7.55. The first kappa shape index (κ1) is 24.6. The lowest BCUT2D eigenvalue weighted by Gasteiger charge is -2.33. The van der Waals surface area contributed by atoms with Gasteiger partial charge in [0.1, 0.15) is 11.9 Å². The van der Waals surface area contributed by atoms with Gasteiger partial charge in [-0.3, -0.25) is 4.79 Å². The molecule has 1 fully saturated rings. The number of halogens is 3. The highest BCUT2D eigenvalue weighted by atomic mass is 19.4. The molecule has 0 amide bonds.